The van der Waals surface area contributed by atoms with Crippen molar-refractivity contribution in [3.8, 4) is 0 Å². The molecule has 0 fully saturated rings. The Hall–Kier alpha value is -1.01. The zero-order chi connectivity index (χ0) is 11.5. The van der Waals surface area contributed by atoms with Gasteiger partial charge in [-0.2, -0.15) is 0 Å². The molecule has 0 amide bonds. The van der Waals surface area contributed by atoms with Crippen molar-refractivity contribution in [2.24, 2.45) is 0 Å². The molecule has 0 aliphatic carbocycles. The van der Waals surface area contributed by atoms with Gasteiger partial charge in [-0.25, -0.2) is 4.98 Å². The van der Waals surface area contributed by atoms with E-state index >= 15 is 0 Å². The number of nitrogens with one attached hydrogen (secondary N) is 1. The van der Waals surface area contributed by atoms with Crippen LogP contribution in [-0.4, -0.2) is 4.98 Å². The highest BCUT2D eigenvalue weighted by atomic mass is 127. The fourth-order valence-electron chi connectivity index (χ4n) is 1.21. The van der Waals surface area contributed by atoms with Gasteiger partial charge in [-0.3, -0.25) is 0 Å². The average Bonchev–Trinajstić information content (AvgIpc) is 2.25. The minimum Gasteiger partial charge on any atom is -0.397 e. The first kappa shape index (κ1) is 11.5. The van der Waals surface area contributed by atoms with E-state index in [0.717, 1.165) is 20.1 Å². The van der Waals surface area contributed by atoms with Crippen LogP contribution in [0.3, 0.4) is 0 Å². The summed E-state index contributed by atoms with van der Waals surface area (Å²) in [5.74, 6) is 0.759. The molecule has 16 heavy (non-hydrogen) atoms. The van der Waals surface area contributed by atoms with Crippen LogP contribution in [0.15, 0.2) is 36.5 Å². The molecule has 0 unspecified atom stereocenters. The van der Waals surface area contributed by atoms with Crippen molar-refractivity contribution >= 4 is 51.4 Å². The molecule has 0 saturated heterocycles. The standard InChI is InChI=1S/C11H9ClIN3/c12-7-1-3-10(9(13)5-7)16-11-4-2-8(14)6-15-11/h1-6H,14H2,(H,15,16). The van der Waals surface area contributed by atoms with Crippen LogP contribution in [0.25, 0.3) is 0 Å². The van der Waals surface area contributed by atoms with E-state index in [-0.39, 0.29) is 0 Å². The lowest BCUT2D eigenvalue weighted by atomic mass is 10.3. The van der Waals surface area contributed by atoms with Crippen LogP contribution in [0.5, 0.6) is 0 Å². The van der Waals surface area contributed by atoms with Crippen molar-refractivity contribution in [2.45, 2.75) is 0 Å². The normalized spacial score (nSPS) is 10.1. The lowest BCUT2D eigenvalue weighted by molar-refractivity contribution is 1.31. The first-order valence-corrected chi connectivity index (χ1v) is 6.04. The van der Waals surface area contributed by atoms with Crippen LogP contribution in [0.4, 0.5) is 17.2 Å². The van der Waals surface area contributed by atoms with Gasteiger partial charge in [0.05, 0.1) is 17.6 Å². The molecule has 1 aromatic heterocycles. The minimum absolute atomic E-state index is 0.649. The molecule has 3 N–H and O–H groups in total. The van der Waals surface area contributed by atoms with Crippen LogP contribution >= 0.6 is 34.2 Å². The van der Waals surface area contributed by atoms with Crippen LogP contribution < -0.4 is 11.1 Å². The van der Waals surface area contributed by atoms with Gasteiger partial charge in [0.15, 0.2) is 0 Å². The average molecular weight is 346 g/mol. The minimum atomic E-state index is 0.649. The van der Waals surface area contributed by atoms with Crippen molar-refractivity contribution in [3.05, 3.63) is 45.1 Å². The third-order valence-corrected chi connectivity index (χ3v) is 3.11. The fraction of sp³-hybridized carbons (Fsp3) is 0. The van der Waals surface area contributed by atoms with Gasteiger partial charge in [0.2, 0.25) is 0 Å². The second kappa shape index (κ2) is 4.88. The summed E-state index contributed by atoms with van der Waals surface area (Å²) in [6, 6.07) is 9.28. The van der Waals surface area contributed by atoms with Crippen molar-refractivity contribution < 1.29 is 0 Å². The summed E-state index contributed by atoms with van der Waals surface area (Å²) in [7, 11) is 0. The van der Waals surface area contributed by atoms with Crippen LogP contribution in [0, 0.1) is 3.57 Å². The van der Waals surface area contributed by atoms with Gasteiger partial charge in [-0.05, 0) is 52.9 Å². The predicted molar refractivity (Wildman–Crippen MR) is 76.1 cm³/mol. The summed E-state index contributed by atoms with van der Waals surface area (Å²) >= 11 is 8.10. The van der Waals surface area contributed by atoms with Crippen LogP contribution in [-0.2, 0) is 0 Å². The molecule has 5 heteroatoms. The molecule has 1 heterocycles. The van der Waals surface area contributed by atoms with Crippen molar-refractivity contribution in [2.75, 3.05) is 11.1 Å². The van der Waals surface area contributed by atoms with Gasteiger partial charge in [0.1, 0.15) is 5.82 Å². The lowest BCUT2D eigenvalue weighted by Crippen LogP contribution is -1.96. The summed E-state index contributed by atoms with van der Waals surface area (Å²) in [6.45, 7) is 0. The predicted octanol–water partition coefficient (Wildman–Crippen LogP) is 3.67. The van der Waals surface area contributed by atoms with E-state index in [2.05, 4.69) is 32.9 Å². The molecule has 0 atom stereocenters. The first-order chi connectivity index (χ1) is 7.65. The highest BCUT2D eigenvalue weighted by Gasteiger charge is 2.01. The molecular weight excluding hydrogens is 336 g/mol. The molecule has 0 aliphatic heterocycles. The summed E-state index contributed by atoms with van der Waals surface area (Å²) in [5, 5.41) is 3.92. The summed E-state index contributed by atoms with van der Waals surface area (Å²) in [4.78, 5) is 4.16. The third kappa shape index (κ3) is 2.76. The molecule has 0 aliphatic rings. The topological polar surface area (TPSA) is 50.9 Å². The molecular formula is C11H9ClIN3. The van der Waals surface area contributed by atoms with Crippen molar-refractivity contribution in [1.82, 2.24) is 4.98 Å². The van der Waals surface area contributed by atoms with Gasteiger partial charge in [0, 0.05) is 8.59 Å². The molecule has 82 valence electrons. The molecule has 0 spiro atoms. The SMILES string of the molecule is Nc1ccc(Nc2ccc(Cl)cc2I)nc1. The zero-order valence-corrected chi connectivity index (χ0v) is 11.2. The number of nitrogens with zero attached hydrogens (tertiary/aromatic N) is 1. The van der Waals surface area contributed by atoms with E-state index < -0.39 is 0 Å². The second-order valence-electron chi connectivity index (χ2n) is 3.23. The molecule has 2 rings (SSSR count). The van der Waals surface area contributed by atoms with Gasteiger partial charge in [-0.1, -0.05) is 11.6 Å². The van der Waals surface area contributed by atoms with Gasteiger partial charge >= 0.3 is 0 Å². The number of nitrogen functional groups attached to an aromatic ring is 1. The summed E-state index contributed by atoms with van der Waals surface area (Å²) in [5.41, 5.74) is 7.18. The van der Waals surface area contributed by atoms with E-state index in [1.54, 1.807) is 12.3 Å². The maximum absolute atomic E-state index is 5.88. The Morgan fingerprint density at radius 3 is 2.69 bits per heavy atom. The lowest BCUT2D eigenvalue weighted by Gasteiger charge is -2.08. The Bertz CT molecular complexity index is 499. The van der Waals surface area contributed by atoms with Crippen molar-refractivity contribution in [3.63, 3.8) is 0 Å². The Labute approximate surface area is 112 Å². The fourth-order valence-corrected chi connectivity index (χ4v) is 2.21. The second-order valence-corrected chi connectivity index (χ2v) is 4.82. The number of halogens is 2. The number of rotatable bonds is 2. The molecule has 1 aromatic carbocycles. The number of hydrogen-bond donors (Lipinski definition) is 2. The quantitative estimate of drug-likeness (QED) is 0.817. The monoisotopic (exact) mass is 345 g/mol. The smallest absolute Gasteiger partial charge is 0.130 e. The Balaban J connectivity index is 2.23. The number of pyridine rings is 1. The Kier molecular flexibility index (Phi) is 3.50. The highest BCUT2D eigenvalue weighted by Crippen LogP contribution is 2.24. The van der Waals surface area contributed by atoms with Gasteiger partial charge in [0.25, 0.3) is 0 Å². The molecule has 0 bridgehead atoms. The molecule has 2 aromatic rings. The third-order valence-electron chi connectivity index (χ3n) is 1.98. The Morgan fingerprint density at radius 1 is 1.25 bits per heavy atom. The van der Waals surface area contributed by atoms with Crippen LogP contribution in [0.1, 0.15) is 0 Å². The van der Waals surface area contributed by atoms with E-state index in [0.29, 0.717) is 5.69 Å². The number of aromatic nitrogens is 1. The van der Waals surface area contributed by atoms with E-state index in [4.69, 9.17) is 17.3 Å². The number of benzene rings is 1. The molecule has 0 saturated carbocycles. The summed E-state index contributed by atoms with van der Waals surface area (Å²) < 4.78 is 1.05. The van der Waals surface area contributed by atoms with Gasteiger partial charge in [-0.15, -0.1) is 0 Å². The summed E-state index contributed by atoms with van der Waals surface area (Å²) in [6.07, 6.45) is 1.62. The number of anilines is 3. The van der Waals surface area contributed by atoms with Crippen LogP contribution in [0.2, 0.25) is 5.02 Å². The number of nitrogens with two attached hydrogens (primary N) is 1. The number of hydrogen-bond acceptors (Lipinski definition) is 3. The zero-order valence-electron chi connectivity index (χ0n) is 8.24. The maximum atomic E-state index is 5.88. The first-order valence-electron chi connectivity index (χ1n) is 4.59. The molecule has 0 radical (unpaired) electrons. The maximum Gasteiger partial charge on any atom is 0.130 e. The van der Waals surface area contributed by atoms with E-state index in [1.165, 1.54) is 0 Å². The molecule has 3 nitrogen and oxygen atoms in total. The van der Waals surface area contributed by atoms with Gasteiger partial charge < -0.3 is 11.1 Å². The highest BCUT2D eigenvalue weighted by molar-refractivity contribution is 14.1. The van der Waals surface area contributed by atoms with E-state index in [1.807, 2.05) is 24.3 Å². The largest absolute Gasteiger partial charge is 0.397 e. The Morgan fingerprint density at radius 2 is 2.06 bits per heavy atom. The van der Waals surface area contributed by atoms with E-state index in [9.17, 15) is 0 Å². The van der Waals surface area contributed by atoms with Crippen molar-refractivity contribution in [1.29, 1.82) is 0 Å².